The minimum Gasteiger partial charge on any atom is -0.477 e. The zero-order chi connectivity index (χ0) is 13.1. The van der Waals surface area contributed by atoms with Crippen molar-refractivity contribution < 1.29 is 9.90 Å². The third-order valence-electron chi connectivity index (χ3n) is 2.25. The minimum absolute atomic E-state index is 0.340. The Kier molecular flexibility index (Phi) is 4.27. The number of rotatable bonds is 4. The summed E-state index contributed by atoms with van der Waals surface area (Å²) in [6, 6.07) is 8.94. The molecule has 0 radical (unpaired) electrons. The third-order valence-corrected chi connectivity index (χ3v) is 4.15. The SMILES string of the molecule is O=C(O)c1ccc(CNc2cc(Br)ccc2Cl)s1. The number of nitrogens with one attached hydrogen (secondary N) is 1. The zero-order valence-electron chi connectivity index (χ0n) is 9.11. The van der Waals surface area contributed by atoms with Crippen molar-refractivity contribution >= 4 is 50.5 Å². The largest absolute Gasteiger partial charge is 0.477 e. The van der Waals surface area contributed by atoms with E-state index in [-0.39, 0.29) is 0 Å². The van der Waals surface area contributed by atoms with Gasteiger partial charge >= 0.3 is 5.97 Å². The second-order valence-electron chi connectivity index (χ2n) is 3.55. The molecule has 94 valence electrons. The molecular weight excluding hydrogens is 338 g/mol. The van der Waals surface area contributed by atoms with Crippen molar-refractivity contribution in [3.63, 3.8) is 0 Å². The number of carbonyl (C=O) groups is 1. The van der Waals surface area contributed by atoms with Crippen LogP contribution < -0.4 is 5.32 Å². The van der Waals surface area contributed by atoms with Crippen LogP contribution in [0.5, 0.6) is 0 Å². The Morgan fingerprint density at radius 2 is 2.17 bits per heavy atom. The van der Waals surface area contributed by atoms with Crippen LogP contribution >= 0.6 is 38.9 Å². The summed E-state index contributed by atoms with van der Waals surface area (Å²) < 4.78 is 0.937. The van der Waals surface area contributed by atoms with E-state index < -0.39 is 5.97 Å². The third kappa shape index (κ3) is 3.25. The molecule has 2 aromatic rings. The standard InChI is InChI=1S/C12H9BrClNO2S/c13-7-1-3-9(14)10(5-7)15-6-8-2-4-11(18-8)12(16)17/h1-5,15H,6H2,(H,16,17). The highest BCUT2D eigenvalue weighted by Crippen LogP contribution is 2.27. The van der Waals surface area contributed by atoms with Crippen LogP contribution in [0.4, 0.5) is 5.69 Å². The summed E-state index contributed by atoms with van der Waals surface area (Å²) in [6.07, 6.45) is 0. The summed E-state index contributed by atoms with van der Waals surface area (Å²) in [5.74, 6) is -0.897. The Labute approximate surface area is 122 Å². The summed E-state index contributed by atoms with van der Waals surface area (Å²) in [5, 5.41) is 12.6. The number of thiophene rings is 1. The van der Waals surface area contributed by atoms with Gasteiger partial charge in [-0.05, 0) is 30.3 Å². The van der Waals surface area contributed by atoms with Gasteiger partial charge in [-0.3, -0.25) is 0 Å². The summed E-state index contributed by atoms with van der Waals surface area (Å²) in [5.41, 5.74) is 0.816. The molecule has 2 N–H and O–H groups in total. The minimum atomic E-state index is -0.897. The first-order valence-electron chi connectivity index (χ1n) is 5.07. The van der Waals surface area contributed by atoms with Gasteiger partial charge in [0.05, 0.1) is 10.7 Å². The molecule has 0 unspecified atom stereocenters. The molecule has 3 nitrogen and oxygen atoms in total. The molecule has 0 aliphatic heterocycles. The van der Waals surface area contributed by atoms with E-state index in [2.05, 4.69) is 21.2 Å². The van der Waals surface area contributed by atoms with Crippen molar-refractivity contribution in [2.45, 2.75) is 6.54 Å². The van der Waals surface area contributed by atoms with E-state index >= 15 is 0 Å². The van der Waals surface area contributed by atoms with E-state index in [1.54, 1.807) is 18.2 Å². The van der Waals surface area contributed by atoms with E-state index in [9.17, 15) is 4.79 Å². The van der Waals surface area contributed by atoms with E-state index in [4.69, 9.17) is 16.7 Å². The lowest BCUT2D eigenvalue weighted by molar-refractivity contribution is 0.0702. The van der Waals surface area contributed by atoms with Crippen molar-refractivity contribution in [2.75, 3.05) is 5.32 Å². The van der Waals surface area contributed by atoms with Crippen LogP contribution in [0.1, 0.15) is 14.5 Å². The van der Waals surface area contributed by atoms with Crippen LogP contribution in [-0.4, -0.2) is 11.1 Å². The van der Waals surface area contributed by atoms with Gasteiger partial charge in [-0.15, -0.1) is 11.3 Å². The molecule has 0 amide bonds. The lowest BCUT2D eigenvalue weighted by atomic mass is 10.3. The normalized spacial score (nSPS) is 10.3. The van der Waals surface area contributed by atoms with Crippen molar-refractivity contribution in [2.24, 2.45) is 0 Å². The number of carboxylic acids is 1. The van der Waals surface area contributed by atoms with Gasteiger partial charge in [-0.2, -0.15) is 0 Å². The molecular formula is C12H9BrClNO2S. The van der Waals surface area contributed by atoms with Gasteiger partial charge in [0.25, 0.3) is 0 Å². The van der Waals surface area contributed by atoms with Gasteiger partial charge in [0, 0.05) is 15.9 Å². The monoisotopic (exact) mass is 345 g/mol. The van der Waals surface area contributed by atoms with Crippen LogP contribution in [0.2, 0.25) is 5.02 Å². The molecule has 0 bridgehead atoms. The Morgan fingerprint density at radius 1 is 1.39 bits per heavy atom. The van der Waals surface area contributed by atoms with Crippen LogP contribution in [0.15, 0.2) is 34.8 Å². The lowest BCUT2D eigenvalue weighted by Gasteiger charge is -2.07. The van der Waals surface area contributed by atoms with E-state index in [1.807, 2.05) is 12.1 Å². The molecule has 1 aromatic carbocycles. The zero-order valence-corrected chi connectivity index (χ0v) is 12.3. The molecule has 0 aliphatic carbocycles. The van der Waals surface area contributed by atoms with Crippen molar-refractivity contribution in [1.29, 1.82) is 0 Å². The molecule has 0 fully saturated rings. The number of hydrogen-bond acceptors (Lipinski definition) is 3. The van der Waals surface area contributed by atoms with Crippen LogP contribution in [-0.2, 0) is 6.54 Å². The van der Waals surface area contributed by atoms with Crippen LogP contribution in [0.25, 0.3) is 0 Å². The van der Waals surface area contributed by atoms with Gasteiger partial charge in [0.15, 0.2) is 0 Å². The summed E-state index contributed by atoms with van der Waals surface area (Å²) in [7, 11) is 0. The van der Waals surface area contributed by atoms with Gasteiger partial charge < -0.3 is 10.4 Å². The average Bonchev–Trinajstić information content (AvgIpc) is 2.79. The van der Waals surface area contributed by atoms with Gasteiger partial charge in [-0.25, -0.2) is 4.79 Å². The maximum absolute atomic E-state index is 10.7. The molecule has 0 saturated heterocycles. The predicted molar refractivity (Wildman–Crippen MR) is 77.8 cm³/mol. The van der Waals surface area contributed by atoms with Crippen molar-refractivity contribution in [3.05, 3.63) is 49.6 Å². The molecule has 0 saturated carbocycles. The topological polar surface area (TPSA) is 49.3 Å². The smallest absolute Gasteiger partial charge is 0.345 e. The number of aromatic carboxylic acids is 1. The maximum atomic E-state index is 10.7. The number of hydrogen-bond donors (Lipinski definition) is 2. The van der Waals surface area contributed by atoms with E-state index in [1.165, 1.54) is 11.3 Å². The van der Waals surface area contributed by atoms with Gasteiger partial charge in [0.1, 0.15) is 4.88 Å². The molecule has 6 heteroatoms. The molecule has 2 rings (SSSR count). The number of anilines is 1. The fraction of sp³-hybridized carbons (Fsp3) is 0.0833. The Balaban J connectivity index is 2.06. The molecule has 0 aliphatic rings. The van der Waals surface area contributed by atoms with E-state index in [0.717, 1.165) is 15.0 Å². The van der Waals surface area contributed by atoms with Crippen molar-refractivity contribution in [3.8, 4) is 0 Å². The molecule has 18 heavy (non-hydrogen) atoms. The summed E-state index contributed by atoms with van der Waals surface area (Å²) in [4.78, 5) is 12.0. The van der Waals surface area contributed by atoms with Crippen molar-refractivity contribution in [1.82, 2.24) is 0 Å². The fourth-order valence-electron chi connectivity index (χ4n) is 1.40. The van der Waals surface area contributed by atoms with Crippen LogP contribution in [0.3, 0.4) is 0 Å². The highest BCUT2D eigenvalue weighted by atomic mass is 79.9. The van der Waals surface area contributed by atoms with Gasteiger partial charge in [-0.1, -0.05) is 27.5 Å². The van der Waals surface area contributed by atoms with E-state index in [0.29, 0.717) is 16.4 Å². The second-order valence-corrected chi connectivity index (χ2v) is 6.04. The first-order chi connectivity index (χ1) is 8.56. The number of halogens is 2. The Bertz CT molecular complexity index is 585. The molecule has 0 spiro atoms. The quantitative estimate of drug-likeness (QED) is 0.858. The lowest BCUT2D eigenvalue weighted by Crippen LogP contribution is -1.98. The fourth-order valence-corrected chi connectivity index (χ4v) is 2.73. The highest BCUT2D eigenvalue weighted by molar-refractivity contribution is 9.10. The predicted octanol–water partition coefficient (Wildman–Crippen LogP) is 4.47. The summed E-state index contributed by atoms with van der Waals surface area (Å²) in [6.45, 7) is 0.550. The Hall–Kier alpha value is -1.04. The molecule has 0 atom stereocenters. The highest BCUT2D eigenvalue weighted by Gasteiger charge is 2.07. The Morgan fingerprint density at radius 3 is 2.83 bits per heavy atom. The van der Waals surface area contributed by atoms with Crippen LogP contribution in [0, 0.1) is 0 Å². The first kappa shape index (κ1) is 13.4. The number of benzene rings is 1. The average molecular weight is 347 g/mol. The van der Waals surface area contributed by atoms with Gasteiger partial charge in [0.2, 0.25) is 0 Å². The number of carboxylic acid groups (broad SMARTS) is 1. The summed E-state index contributed by atoms with van der Waals surface area (Å²) >= 11 is 10.7. The first-order valence-corrected chi connectivity index (χ1v) is 7.06. The second kappa shape index (κ2) is 5.73. The molecule has 1 heterocycles. The maximum Gasteiger partial charge on any atom is 0.345 e. The molecule has 1 aromatic heterocycles.